The third kappa shape index (κ3) is 2.25. The second kappa shape index (κ2) is 4.75. The van der Waals surface area contributed by atoms with E-state index < -0.39 is 18.1 Å². The Morgan fingerprint density at radius 1 is 1.50 bits per heavy atom. The van der Waals surface area contributed by atoms with Gasteiger partial charge in [0.1, 0.15) is 6.61 Å². The number of nitrogens with zero attached hydrogens (tertiary/aromatic N) is 2. The summed E-state index contributed by atoms with van der Waals surface area (Å²) in [5.41, 5.74) is 1.00. The quantitative estimate of drug-likeness (QED) is 0.869. The van der Waals surface area contributed by atoms with Crippen LogP contribution in [0.3, 0.4) is 0 Å². The molecule has 1 aromatic rings. The van der Waals surface area contributed by atoms with E-state index in [9.17, 15) is 9.59 Å². The van der Waals surface area contributed by atoms with Crippen LogP contribution in [0.4, 0.5) is 10.5 Å². The SMILES string of the molecule is N#Cc1ccc(N2C(=O)OCC2CC(=O)O)cc1. The van der Waals surface area contributed by atoms with E-state index in [4.69, 9.17) is 15.1 Å². The van der Waals surface area contributed by atoms with Gasteiger partial charge < -0.3 is 9.84 Å². The summed E-state index contributed by atoms with van der Waals surface area (Å²) in [6.45, 7) is 0.0606. The topological polar surface area (TPSA) is 90.6 Å². The highest BCUT2D eigenvalue weighted by molar-refractivity contribution is 5.91. The lowest BCUT2D eigenvalue weighted by Crippen LogP contribution is -2.35. The number of carbonyl (C=O) groups is 2. The van der Waals surface area contributed by atoms with Gasteiger partial charge in [-0.2, -0.15) is 5.26 Å². The molecule has 1 N–H and O–H groups in total. The van der Waals surface area contributed by atoms with Gasteiger partial charge in [-0.3, -0.25) is 9.69 Å². The van der Waals surface area contributed by atoms with Crippen molar-refractivity contribution < 1.29 is 19.4 Å². The van der Waals surface area contributed by atoms with Crippen LogP contribution in [0.25, 0.3) is 0 Å². The second-order valence-corrected chi connectivity index (χ2v) is 3.86. The number of anilines is 1. The molecule has 1 aliphatic heterocycles. The Morgan fingerprint density at radius 3 is 2.72 bits per heavy atom. The number of ether oxygens (including phenoxy) is 1. The number of hydrogen-bond acceptors (Lipinski definition) is 4. The molecular weight excluding hydrogens is 236 g/mol. The van der Waals surface area contributed by atoms with Crippen LogP contribution in [-0.2, 0) is 9.53 Å². The van der Waals surface area contributed by atoms with Gasteiger partial charge in [-0.15, -0.1) is 0 Å². The molecule has 1 atom stereocenters. The van der Waals surface area contributed by atoms with E-state index >= 15 is 0 Å². The molecule has 6 heteroatoms. The maximum atomic E-state index is 11.6. The Morgan fingerprint density at radius 2 is 2.17 bits per heavy atom. The van der Waals surface area contributed by atoms with Crippen LogP contribution in [0.5, 0.6) is 0 Å². The maximum Gasteiger partial charge on any atom is 0.414 e. The molecule has 1 unspecified atom stereocenters. The summed E-state index contributed by atoms with van der Waals surface area (Å²) in [5, 5.41) is 17.5. The van der Waals surface area contributed by atoms with Crippen LogP contribution < -0.4 is 4.90 Å². The summed E-state index contributed by atoms with van der Waals surface area (Å²) in [7, 11) is 0. The summed E-state index contributed by atoms with van der Waals surface area (Å²) in [6, 6.07) is 7.79. The first-order valence-corrected chi connectivity index (χ1v) is 5.30. The molecule has 0 aliphatic carbocycles. The molecule has 1 saturated heterocycles. The number of aliphatic carboxylic acids is 1. The van der Waals surface area contributed by atoms with Crippen molar-refractivity contribution in [3.63, 3.8) is 0 Å². The van der Waals surface area contributed by atoms with Crippen molar-refractivity contribution in [2.45, 2.75) is 12.5 Å². The van der Waals surface area contributed by atoms with Gasteiger partial charge in [-0.25, -0.2) is 4.79 Å². The van der Waals surface area contributed by atoms with E-state index in [-0.39, 0.29) is 13.0 Å². The van der Waals surface area contributed by atoms with Crippen molar-refractivity contribution in [2.75, 3.05) is 11.5 Å². The summed E-state index contributed by atoms with van der Waals surface area (Å²) in [4.78, 5) is 23.6. The number of nitriles is 1. The van der Waals surface area contributed by atoms with Crippen molar-refractivity contribution in [1.82, 2.24) is 0 Å². The zero-order chi connectivity index (χ0) is 13.1. The fourth-order valence-corrected chi connectivity index (χ4v) is 1.83. The average molecular weight is 246 g/mol. The first kappa shape index (κ1) is 11.9. The molecule has 0 aromatic heterocycles. The van der Waals surface area contributed by atoms with Crippen LogP contribution >= 0.6 is 0 Å². The molecule has 1 heterocycles. The number of carbonyl (C=O) groups excluding carboxylic acids is 1. The van der Waals surface area contributed by atoms with E-state index in [0.29, 0.717) is 11.3 Å². The Kier molecular flexibility index (Phi) is 3.15. The lowest BCUT2D eigenvalue weighted by atomic mass is 10.1. The molecule has 1 fully saturated rings. The van der Waals surface area contributed by atoms with Crippen LogP contribution in [0.1, 0.15) is 12.0 Å². The minimum Gasteiger partial charge on any atom is -0.481 e. The Bertz CT molecular complexity index is 518. The Labute approximate surface area is 103 Å². The second-order valence-electron chi connectivity index (χ2n) is 3.86. The van der Waals surface area contributed by atoms with Crippen molar-refractivity contribution >= 4 is 17.7 Å². The molecule has 1 amide bonds. The Hall–Kier alpha value is -2.55. The van der Waals surface area contributed by atoms with E-state index in [2.05, 4.69) is 0 Å². The fraction of sp³-hybridized carbons (Fsp3) is 0.250. The smallest absolute Gasteiger partial charge is 0.414 e. The van der Waals surface area contributed by atoms with Gasteiger partial charge in [0.25, 0.3) is 0 Å². The highest BCUT2D eigenvalue weighted by atomic mass is 16.6. The zero-order valence-electron chi connectivity index (χ0n) is 9.37. The fourth-order valence-electron chi connectivity index (χ4n) is 1.83. The van der Waals surface area contributed by atoms with Gasteiger partial charge in [0, 0.05) is 5.69 Å². The Balaban J connectivity index is 2.25. The summed E-state index contributed by atoms with van der Waals surface area (Å²) >= 11 is 0. The third-order valence-electron chi connectivity index (χ3n) is 2.65. The van der Waals surface area contributed by atoms with Gasteiger partial charge in [0.15, 0.2) is 0 Å². The van der Waals surface area contributed by atoms with Crippen LogP contribution in [0, 0.1) is 11.3 Å². The predicted octanol–water partition coefficient (Wildman–Crippen LogP) is 1.36. The molecule has 0 saturated carbocycles. The van der Waals surface area contributed by atoms with E-state index in [0.717, 1.165) is 0 Å². The molecule has 18 heavy (non-hydrogen) atoms. The molecule has 0 spiro atoms. The van der Waals surface area contributed by atoms with Crippen molar-refractivity contribution in [3.8, 4) is 6.07 Å². The van der Waals surface area contributed by atoms with E-state index in [1.54, 1.807) is 24.3 Å². The van der Waals surface area contributed by atoms with Crippen molar-refractivity contribution in [1.29, 1.82) is 5.26 Å². The van der Waals surface area contributed by atoms with Crippen LogP contribution in [-0.4, -0.2) is 29.8 Å². The molecule has 1 aliphatic rings. The molecule has 92 valence electrons. The molecule has 0 radical (unpaired) electrons. The van der Waals surface area contributed by atoms with E-state index in [1.165, 1.54) is 4.90 Å². The third-order valence-corrected chi connectivity index (χ3v) is 2.65. The minimum absolute atomic E-state index is 0.0606. The zero-order valence-corrected chi connectivity index (χ0v) is 9.37. The number of rotatable bonds is 3. The van der Waals surface area contributed by atoms with Crippen LogP contribution in [0.2, 0.25) is 0 Å². The molecule has 2 rings (SSSR count). The first-order chi connectivity index (χ1) is 8.61. The number of amides is 1. The largest absolute Gasteiger partial charge is 0.481 e. The minimum atomic E-state index is -0.989. The maximum absolute atomic E-state index is 11.6. The lowest BCUT2D eigenvalue weighted by Gasteiger charge is -2.19. The standard InChI is InChI=1S/C12H10N2O4/c13-6-8-1-3-9(4-2-8)14-10(5-11(15)16)7-18-12(14)17/h1-4,10H,5,7H2,(H,15,16). The van der Waals surface area contributed by atoms with Crippen molar-refractivity contribution in [3.05, 3.63) is 29.8 Å². The van der Waals surface area contributed by atoms with Gasteiger partial charge in [0.2, 0.25) is 0 Å². The highest BCUT2D eigenvalue weighted by Gasteiger charge is 2.35. The summed E-state index contributed by atoms with van der Waals surface area (Å²) in [5.74, 6) is -0.989. The van der Waals surface area contributed by atoms with Gasteiger partial charge >= 0.3 is 12.1 Å². The van der Waals surface area contributed by atoms with Gasteiger partial charge in [-0.05, 0) is 24.3 Å². The average Bonchev–Trinajstić information content (AvgIpc) is 2.70. The number of benzene rings is 1. The first-order valence-electron chi connectivity index (χ1n) is 5.30. The number of carboxylic acids is 1. The number of cyclic esters (lactones) is 1. The predicted molar refractivity (Wildman–Crippen MR) is 61.0 cm³/mol. The molecule has 0 bridgehead atoms. The van der Waals surface area contributed by atoms with Gasteiger partial charge in [0.05, 0.1) is 24.1 Å². The number of hydrogen-bond donors (Lipinski definition) is 1. The monoisotopic (exact) mass is 246 g/mol. The van der Waals surface area contributed by atoms with Crippen molar-refractivity contribution in [2.24, 2.45) is 0 Å². The highest BCUT2D eigenvalue weighted by Crippen LogP contribution is 2.25. The molecular formula is C12H10N2O4. The van der Waals surface area contributed by atoms with E-state index in [1.807, 2.05) is 6.07 Å². The summed E-state index contributed by atoms with van der Waals surface area (Å²) in [6.07, 6.45) is -0.739. The van der Waals surface area contributed by atoms with Gasteiger partial charge in [-0.1, -0.05) is 0 Å². The number of carboxylic acid groups (broad SMARTS) is 1. The molecule has 1 aromatic carbocycles. The normalized spacial score (nSPS) is 18.3. The lowest BCUT2D eigenvalue weighted by molar-refractivity contribution is -0.137. The molecule has 6 nitrogen and oxygen atoms in total. The summed E-state index contributed by atoms with van der Waals surface area (Å²) < 4.78 is 4.85. The van der Waals surface area contributed by atoms with Crippen LogP contribution in [0.15, 0.2) is 24.3 Å².